The van der Waals surface area contributed by atoms with Crippen molar-refractivity contribution in [3.8, 4) is 0 Å². The Morgan fingerprint density at radius 1 is 1.46 bits per heavy atom. The van der Waals surface area contributed by atoms with Crippen LogP contribution >= 0.6 is 11.3 Å². The fraction of sp³-hybridized carbons (Fsp3) is 0.611. The number of alkyl halides is 3. The third-order valence-electron chi connectivity index (χ3n) is 4.75. The summed E-state index contributed by atoms with van der Waals surface area (Å²) in [6, 6.07) is 1.39. The summed E-state index contributed by atoms with van der Waals surface area (Å²) in [7, 11) is 0. The van der Waals surface area contributed by atoms with Gasteiger partial charge in [-0.05, 0) is 32.8 Å². The van der Waals surface area contributed by atoms with Crippen molar-refractivity contribution < 1.29 is 22.7 Å². The van der Waals surface area contributed by atoms with Crippen LogP contribution in [0.1, 0.15) is 68.2 Å². The van der Waals surface area contributed by atoms with Gasteiger partial charge in [-0.3, -0.25) is 9.48 Å². The molecule has 3 atom stereocenters. The minimum Gasteiger partial charge on any atom is -0.371 e. The quantitative estimate of drug-likeness (QED) is 0.763. The van der Waals surface area contributed by atoms with Gasteiger partial charge in [0.25, 0.3) is 0 Å². The van der Waals surface area contributed by atoms with Gasteiger partial charge in [0.2, 0.25) is 5.91 Å². The van der Waals surface area contributed by atoms with Crippen LogP contribution in [-0.4, -0.2) is 27.3 Å². The molecule has 3 heterocycles. The molecule has 0 unspecified atom stereocenters. The van der Waals surface area contributed by atoms with Crippen molar-refractivity contribution in [3.63, 3.8) is 0 Å². The zero-order chi connectivity index (χ0) is 20.5. The van der Waals surface area contributed by atoms with E-state index in [1.807, 2.05) is 24.6 Å². The average Bonchev–Trinajstić information content (AvgIpc) is 3.37. The molecule has 6 nitrogen and oxygen atoms in total. The first-order valence-electron chi connectivity index (χ1n) is 9.20. The summed E-state index contributed by atoms with van der Waals surface area (Å²) in [5.74, 6) is -0.667. The molecule has 1 aliphatic rings. The molecule has 3 rings (SSSR count). The maximum absolute atomic E-state index is 12.9. The number of hydrogen-bond acceptors (Lipinski definition) is 5. The molecule has 1 aliphatic heterocycles. The molecule has 0 spiro atoms. The van der Waals surface area contributed by atoms with Crippen molar-refractivity contribution in [1.82, 2.24) is 20.1 Å². The molecule has 2 aromatic heterocycles. The van der Waals surface area contributed by atoms with E-state index in [4.69, 9.17) is 4.74 Å². The highest BCUT2D eigenvalue weighted by Gasteiger charge is 2.39. The highest BCUT2D eigenvalue weighted by molar-refractivity contribution is 7.09. The Bertz CT molecular complexity index is 818. The van der Waals surface area contributed by atoms with Gasteiger partial charge >= 0.3 is 6.18 Å². The highest BCUT2D eigenvalue weighted by atomic mass is 32.1. The third kappa shape index (κ3) is 4.22. The van der Waals surface area contributed by atoms with E-state index in [2.05, 4.69) is 15.4 Å². The lowest BCUT2D eigenvalue weighted by Crippen LogP contribution is -2.35. The molecule has 28 heavy (non-hydrogen) atoms. The van der Waals surface area contributed by atoms with Gasteiger partial charge in [-0.25, -0.2) is 4.98 Å². The van der Waals surface area contributed by atoms with Gasteiger partial charge in [-0.15, -0.1) is 11.3 Å². The number of ether oxygens (including phenoxy) is 1. The number of nitrogens with zero attached hydrogens (tertiary/aromatic N) is 3. The normalized spacial score (nSPS) is 21.2. The van der Waals surface area contributed by atoms with Crippen molar-refractivity contribution >= 4 is 17.2 Å². The number of aromatic nitrogens is 3. The summed E-state index contributed by atoms with van der Waals surface area (Å²) < 4.78 is 46.1. The molecule has 0 bridgehead atoms. The molecule has 1 saturated heterocycles. The van der Waals surface area contributed by atoms with Crippen LogP contribution in [0.5, 0.6) is 0 Å². The number of rotatable bonds is 6. The number of amides is 1. The number of nitrogens with one attached hydrogen (secondary N) is 1. The van der Waals surface area contributed by atoms with Gasteiger partial charge < -0.3 is 10.1 Å². The van der Waals surface area contributed by atoms with E-state index in [0.29, 0.717) is 19.4 Å². The number of halogens is 3. The van der Waals surface area contributed by atoms with Gasteiger partial charge in [0.1, 0.15) is 11.1 Å². The second kappa shape index (κ2) is 8.20. The molecule has 0 aliphatic carbocycles. The zero-order valence-electron chi connectivity index (χ0n) is 15.9. The van der Waals surface area contributed by atoms with Crippen molar-refractivity contribution in [3.05, 3.63) is 34.0 Å². The van der Waals surface area contributed by atoms with E-state index in [1.54, 1.807) is 13.1 Å². The molecular weight excluding hydrogens is 393 g/mol. The van der Waals surface area contributed by atoms with Gasteiger partial charge in [0.15, 0.2) is 5.69 Å². The minimum atomic E-state index is -4.49. The van der Waals surface area contributed by atoms with Crippen LogP contribution in [0.25, 0.3) is 0 Å². The molecule has 1 amide bonds. The maximum Gasteiger partial charge on any atom is 0.434 e. The number of thiazole rings is 1. The Labute approximate surface area is 165 Å². The van der Waals surface area contributed by atoms with E-state index >= 15 is 0 Å². The van der Waals surface area contributed by atoms with Crippen LogP contribution in [0.3, 0.4) is 0 Å². The van der Waals surface area contributed by atoms with Crippen molar-refractivity contribution in [2.24, 2.45) is 5.92 Å². The van der Waals surface area contributed by atoms with Gasteiger partial charge in [0, 0.05) is 24.2 Å². The molecule has 1 fully saturated rings. The summed E-state index contributed by atoms with van der Waals surface area (Å²) >= 11 is 0.907. The molecule has 1 N–H and O–H groups in total. The summed E-state index contributed by atoms with van der Waals surface area (Å²) in [6.45, 7) is 6.23. The molecule has 0 radical (unpaired) electrons. The third-order valence-corrected chi connectivity index (χ3v) is 5.70. The molecule has 2 aromatic rings. The molecular formula is C18H23F3N4O2S. The van der Waals surface area contributed by atoms with Gasteiger partial charge in [-0.1, -0.05) is 6.92 Å². The molecule has 0 aromatic carbocycles. The fourth-order valence-corrected chi connectivity index (χ4v) is 4.29. The van der Waals surface area contributed by atoms with Crippen LogP contribution in [0.15, 0.2) is 17.6 Å². The Morgan fingerprint density at radius 2 is 2.21 bits per heavy atom. The predicted octanol–water partition coefficient (Wildman–Crippen LogP) is 4.28. The molecule has 0 saturated carbocycles. The van der Waals surface area contributed by atoms with E-state index in [-0.39, 0.29) is 17.0 Å². The largest absolute Gasteiger partial charge is 0.434 e. The number of carbonyl (C=O) groups is 1. The van der Waals surface area contributed by atoms with Crippen LogP contribution in [0, 0.1) is 5.92 Å². The summed E-state index contributed by atoms with van der Waals surface area (Å²) in [4.78, 5) is 16.6. The monoisotopic (exact) mass is 416 g/mol. The van der Waals surface area contributed by atoms with E-state index in [9.17, 15) is 18.0 Å². The lowest BCUT2D eigenvalue weighted by Gasteiger charge is -2.23. The Kier molecular flexibility index (Phi) is 6.09. The summed E-state index contributed by atoms with van der Waals surface area (Å²) in [6.07, 6.45) is -2.25. The zero-order valence-corrected chi connectivity index (χ0v) is 16.7. The topological polar surface area (TPSA) is 69.0 Å². The standard InChI is InChI=1S/C18H23F3N4O2S/c1-4-12(17-24-14(9-28-17)18(19,20)21)23-16(26)11-6-8-27-15(11)13-5-7-22-25(13)10(2)3/h5,7,9-12,15H,4,6,8H2,1-3H3,(H,23,26)/t11-,12+,15-/m0/s1. The van der Waals surface area contributed by atoms with Crippen LogP contribution in [0.2, 0.25) is 0 Å². The minimum absolute atomic E-state index is 0.123. The van der Waals surface area contributed by atoms with Gasteiger partial charge in [-0.2, -0.15) is 18.3 Å². The average molecular weight is 416 g/mol. The molecule has 154 valence electrons. The van der Waals surface area contributed by atoms with Crippen molar-refractivity contribution in [2.45, 2.75) is 58.0 Å². The van der Waals surface area contributed by atoms with Crippen molar-refractivity contribution in [2.75, 3.05) is 6.61 Å². The lowest BCUT2D eigenvalue weighted by molar-refractivity contribution is -0.140. The maximum atomic E-state index is 12.9. The number of hydrogen-bond donors (Lipinski definition) is 1. The van der Waals surface area contributed by atoms with Crippen LogP contribution < -0.4 is 5.32 Å². The fourth-order valence-electron chi connectivity index (χ4n) is 3.33. The van der Waals surface area contributed by atoms with Crippen LogP contribution in [0.4, 0.5) is 13.2 Å². The highest BCUT2D eigenvalue weighted by Crippen LogP contribution is 2.37. The second-order valence-corrected chi connectivity index (χ2v) is 7.91. The SMILES string of the molecule is CC[C@@H](NC(=O)[C@H]1CCO[C@@H]1c1ccnn1C(C)C)c1nc(C(F)(F)F)cs1. The van der Waals surface area contributed by atoms with Gasteiger partial charge in [0.05, 0.1) is 17.7 Å². The second-order valence-electron chi connectivity index (χ2n) is 7.02. The first-order chi connectivity index (χ1) is 13.2. The molecule has 10 heteroatoms. The van der Waals surface area contributed by atoms with E-state index in [0.717, 1.165) is 22.4 Å². The van der Waals surface area contributed by atoms with Crippen molar-refractivity contribution in [1.29, 1.82) is 0 Å². The lowest BCUT2D eigenvalue weighted by atomic mass is 9.97. The number of carbonyl (C=O) groups excluding carboxylic acids is 1. The van der Waals surface area contributed by atoms with Crippen LogP contribution in [-0.2, 0) is 15.7 Å². The first-order valence-corrected chi connectivity index (χ1v) is 10.1. The first kappa shape index (κ1) is 20.8. The Morgan fingerprint density at radius 3 is 2.82 bits per heavy atom. The summed E-state index contributed by atoms with van der Waals surface area (Å²) in [5.41, 5.74) is -0.0996. The Balaban J connectivity index is 1.75. The van der Waals surface area contributed by atoms with E-state index in [1.165, 1.54) is 0 Å². The predicted molar refractivity (Wildman–Crippen MR) is 97.7 cm³/mol. The van der Waals surface area contributed by atoms with E-state index < -0.39 is 29.9 Å². The smallest absolute Gasteiger partial charge is 0.371 e. The summed E-state index contributed by atoms with van der Waals surface area (Å²) in [5, 5.41) is 8.39. The Hall–Kier alpha value is -1.94.